The summed E-state index contributed by atoms with van der Waals surface area (Å²) in [5.74, 6) is 0.333. The first-order valence-electron chi connectivity index (χ1n) is 7.09. The number of carboxylic acid groups (broad SMARTS) is 1. The fraction of sp³-hybridized carbons (Fsp3) is 0.250. The summed E-state index contributed by atoms with van der Waals surface area (Å²) in [7, 11) is 0. The summed E-state index contributed by atoms with van der Waals surface area (Å²) in [4.78, 5) is 14.9. The zero-order valence-corrected chi connectivity index (χ0v) is 15.0. The second kappa shape index (κ2) is 9.46. The third kappa shape index (κ3) is 6.35. The molecule has 0 aliphatic heterocycles. The van der Waals surface area contributed by atoms with E-state index in [2.05, 4.69) is 26.2 Å². The van der Waals surface area contributed by atoms with E-state index in [1.54, 1.807) is 6.07 Å². The third-order valence-electron chi connectivity index (χ3n) is 2.95. The Kier molecular flexibility index (Phi) is 7.30. The number of halogens is 2. The second-order valence-electron chi connectivity index (χ2n) is 4.90. The number of hydrogen-bond acceptors (Lipinski definition) is 4. The van der Waals surface area contributed by atoms with Gasteiger partial charge in [-0.25, -0.2) is 9.78 Å². The predicted molar refractivity (Wildman–Crippen MR) is 93.5 cm³/mol. The van der Waals surface area contributed by atoms with Crippen LogP contribution in [0, 0.1) is 0 Å². The molecule has 0 spiro atoms. The van der Waals surface area contributed by atoms with Gasteiger partial charge < -0.3 is 19.9 Å². The van der Waals surface area contributed by atoms with Crippen molar-refractivity contribution < 1.29 is 19.4 Å². The van der Waals surface area contributed by atoms with Gasteiger partial charge in [0, 0.05) is 6.20 Å². The van der Waals surface area contributed by atoms with Gasteiger partial charge in [-0.15, -0.1) is 0 Å². The molecule has 6 nitrogen and oxygen atoms in total. The Morgan fingerprint density at radius 1 is 1.33 bits per heavy atom. The summed E-state index contributed by atoms with van der Waals surface area (Å²) in [6.07, 6.45) is 0.308. The number of carbonyl (C=O) groups is 1. The number of nitrogens with zero attached hydrogens (tertiary/aromatic N) is 1. The maximum Gasteiger partial charge on any atom is 0.405 e. The molecule has 1 aromatic carbocycles. The van der Waals surface area contributed by atoms with Crippen LogP contribution in [0.5, 0.6) is 5.88 Å². The summed E-state index contributed by atoms with van der Waals surface area (Å²) in [5, 5.41) is 11.8. The van der Waals surface area contributed by atoms with Crippen LogP contribution in [0.2, 0.25) is 5.02 Å². The lowest BCUT2D eigenvalue weighted by Crippen LogP contribution is -2.41. The number of amides is 1. The van der Waals surface area contributed by atoms with Crippen molar-refractivity contribution >= 4 is 33.6 Å². The van der Waals surface area contributed by atoms with Gasteiger partial charge in [0.25, 0.3) is 0 Å². The molecule has 1 atom stereocenters. The van der Waals surface area contributed by atoms with Crippen LogP contribution in [-0.4, -0.2) is 35.4 Å². The van der Waals surface area contributed by atoms with Crippen molar-refractivity contribution in [1.29, 1.82) is 0 Å². The SMILES string of the molecule is O=C(O)N[C@@H](COCc1ccccc1)COc1ncc(Cl)cc1Br. The summed E-state index contributed by atoms with van der Waals surface area (Å²) in [6, 6.07) is 10.7. The molecule has 0 bridgehead atoms. The number of benzene rings is 1. The highest BCUT2D eigenvalue weighted by molar-refractivity contribution is 9.10. The quantitative estimate of drug-likeness (QED) is 0.687. The summed E-state index contributed by atoms with van der Waals surface area (Å²) in [6.45, 7) is 0.641. The normalized spacial score (nSPS) is 11.8. The number of aromatic nitrogens is 1. The van der Waals surface area contributed by atoms with Gasteiger partial charge in [-0.2, -0.15) is 0 Å². The summed E-state index contributed by atoms with van der Waals surface area (Å²) in [5.41, 5.74) is 1.01. The number of rotatable bonds is 8. The molecule has 0 saturated carbocycles. The van der Waals surface area contributed by atoms with E-state index in [-0.39, 0.29) is 13.2 Å². The van der Waals surface area contributed by atoms with Crippen LogP contribution in [-0.2, 0) is 11.3 Å². The molecule has 128 valence electrons. The molecule has 0 saturated heterocycles. The van der Waals surface area contributed by atoms with Gasteiger partial charge in [0.1, 0.15) is 6.61 Å². The molecule has 0 unspecified atom stereocenters. The van der Waals surface area contributed by atoms with Crippen LogP contribution in [0.15, 0.2) is 47.1 Å². The molecule has 2 aromatic rings. The summed E-state index contributed by atoms with van der Waals surface area (Å²) < 4.78 is 11.7. The van der Waals surface area contributed by atoms with Crippen molar-refractivity contribution in [2.24, 2.45) is 0 Å². The first-order chi connectivity index (χ1) is 11.5. The number of ether oxygens (including phenoxy) is 2. The van der Waals surface area contributed by atoms with Crippen LogP contribution in [0.4, 0.5) is 4.79 Å². The first kappa shape index (κ1) is 18.5. The van der Waals surface area contributed by atoms with Gasteiger partial charge >= 0.3 is 6.09 Å². The highest BCUT2D eigenvalue weighted by atomic mass is 79.9. The van der Waals surface area contributed by atoms with E-state index in [1.165, 1.54) is 6.20 Å². The Morgan fingerprint density at radius 2 is 2.08 bits per heavy atom. The van der Waals surface area contributed by atoms with E-state index in [9.17, 15) is 4.79 Å². The number of pyridine rings is 1. The van der Waals surface area contributed by atoms with Crippen molar-refractivity contribution in [3.05, 3.63) is 57.7 Å². The zero-order chi connectivity index (χ0) is 17.4. The topological polar surface area (TPSA) is 80.7 Å². The highest BCUT2D eigenvalue weighted by Gasteiger charge is 2.14. The average Bonchev–Trinajstić information content (AvgIpc) is 2.54. The minimum atomic E-state index is -1.14. The molecule has 1 heterocycles. The maximum atomic E-state index is 10.9. The minimum absolute atomic E-state index is 0.0777. The molecule has 1 amide bonds. The molecule has 2 rings (SSSR count). The second-order valence-corrected chi connectivity index (χ2v) is 6.19. The van der Waals surface area contributed by atoms with Crippen LogP contribution < -0.4 is 10.1 Å². The van der Waals surface area contributed by atoms with Gasteiger partial charge in [0.05, 0.1) is 28.8 Å². The van der Waals surface area contributed by atoms with Crippen LogP contribution in [0.3, 0.4) is 0 Å². The van der Waals surface area contributed by atoms with E-state index >= 15 is 0 Å². The molecular formula is C16H16BrClN2O4. The molecule has 2 N–H and O–H groups in total. The monoisotopic (exact) mass is 414 g/mol. The lowest BCUT2D eigenvalue weighted by atomic mass is 10.2. The largest absolute Gasteiger partial charge is 0.475 e. The fourth-order valence-corrected chi connectivity index (χ4v) is 2.64. The Morgan fingerprint density at radius 3 is 2.75 bits per heavy atom. The van der Waals surface area contributed by atoms with Gasteiger partial charge in [0.2, 0.25) is 5.88 Å². The molecule has 24 heavy (non-hydrogen) atoms. The number of nitrogens with one attached hydrogen (secondary N) is 1. The van der Waals surface area contributed by atoms with Crippen LogP contribution in [0.1, 0.15) is 5.56 Å². The van der Waals surface area contributed by atoms with E-state index in [0.29, 0.717) is 22.0 Å². The van der Waals surface area contributed by atoms with Gasteiger partial charge in [-0.05, 0) is 27.6 Å². The lowest BCUT2D eigenvalue weighted by molar-refractivity contribution is 0.0800. The predicted octanol–water partition coefficient (Wildman–Crippen LogP) is 3.73. The molecule has 1 aromatic heterocycles. The van der Waals surface area contributed by atoms with E-state index in [1.807, 2.05) is 30.3 Å². The molecule has 0 fully saturated rings. The van der Waals surface area contributed by atoms with Crippen LogP contribution in [0.25, 0.3) is 0 Å². The van der Waals surface area contributed by atoms with Gasteiger partial charge in [-0.3, -0.25) is 0 Å². The Bertz CT molecular complexity index is 672. The first-order valence-corrected chi connectivity index (χ1v) is 8.26. The standard InChI is InChI=1S/C16H16BrClN2O4/c17-14-6-12(18)7-19-15(14)24-10-13(20-16(21)22)9-23-8-11-4-2-1-3-5-11/h1-7,13,20H,8-10H2,(H,21,22)/t13-/m0/s1. The summed E-state index contributed by atoms with van der Waals surface area (Å²) >= 11 is 9.11. The lowest BCUT2D eigenvalue weighted by Gasteiger charge is -2.18. The van der Waals surface area contributed by atoms with E-state index in [4.69, 9.17) is 26.2 Å². The highest BCUT2D eigenvalue weighted by Crippen LogP contribution is 2.25. The number of hydrogen-bond donors (Lipinski definition) is 2. The van der Waals surface area contributed by atoms with Crippen molar-refractivity contribution in [3.63, 3.8) is 0 Å². The van der Waals surface area contributed by atoms with Crippen molar-refractivity contribution in [3.8, 4) is 5.88 Å². The average molecular weight is 416 g/mol. The van der Waals surface area contributed by atoms with Gasteiger partial charge in [-0.1, -0.05) is 41.9 Å². The van der Waals surface area contributed by atoms with Gasteiger partial charge in [0.15, 0.2) is 0 Å². The fourth-order valence-electron chi connectivity index (χ4n) is 1.89. The zero-order valence-electron chi connectivity index (χ0n) is 12.6. The van der Waals surface area contributed by atoms with Crippen molar-refractivity contribution in [2.75, 3.05) is 13.2 Å². The molecule has 0 aliphatic rings. The third-order valence-corrected chi connectivity index (χ3v) is 3.73. The van der Waals surface area contributed by atoms with Crippen molar-refractivity contribution in [2.45, 2.75) is 12.6 Å². The van der Waals surface area contributed by atoms with E-state index < -0.39 is 12.1 Å². The molecule has 8 heteroatoms. The minimum Gasteiger partial charge on any atom is -0.475 e. The van der Waals surface area contributed by atoms with E-state index in [0.717, 1.165) is 5.56 Å². The van der Waals surface area contributed by atoms with Crippen LogP contribution >= 0.6 is 27.5 Å². The maximum absolute atomic E-state index is 10.9. The Hall–Kier alpha value is -1.83. The Labute approximate surface area is 152 Å². The van der Waals surface area contributed by atoms with Crippen molar-refractivity contribution in [1.82, 2.24) is 10.3 Å². The molecule has 0 aliphatic carbocycles. The Balaban J connectivity index is 1.86. The smallest absolute Gasteiger partial charge is 0.405 e. The molecular weight excluding hydrogens is 400 g/mol. The molecule has 0 radical (unpaired) electrons.